The van der Waals surface area contributed by atoms with E-state index < -0.39 is 0 Å². The summed E-state index contributed by atoms with van der Waals surface area (Å²) in [5.41, 5.74) is 2.72. The number of thioether (sulfide) groups is 1. The quantitative estimate of drug-likeness (QED) is 0.496. The standard InChI is InChI=1S/C21H17Cl2NOS/c22-17-11-10-16(19(23)12-17)13-24-21(25)18-8-4-5-9-20(18)26-14-15-6-2-1-3-7-15/h1-12H,13-14H2,(H,24,25). The van der Waals surface area contributed by atoms with E-state index in [0.717, 1.165) is 16.2 Å². The molecule has 1 N–H and O–H groups in total. The lowest BCUT2D eigenvalue weighted by molar-refractivity contribution is 0.0948. The monoisotopic (exact) mass is 401 g/mol. The highest BCUT2D eigenvalue weighted by Crippen LogP contribution is 2.26. The minimum absolute atomic E-state index is 0.118. The predicted molar refractivity (Wildman–Crippen MR) is 110 cm³/mol. The van der Waals surface area contributed by atoms with Gasteiger partial charge in [0.1, 0.15) is 0 Å². The number of carbonyl (C=O) groups excluding carboxylic acids is 1. The van der Waals surface area contributed by atoms with E-state index in [-0.39, 0.29) is 5.91 Å². The van der Waals surface area contributed by atoms with Crippen LogP contribution in [-0.2, 0) is 12.3 Å². The smallest absolute Gasteiger partial charge is 0.252 e. The third-order valence-corrected chi connectivity index (χ3v) is 5.55. The van der Waals surface area contributed by atoms with Crippen LogP contribution in [0, 0.1) is 0 Å². The van der Waals surface area contributed by atoms with Crippen molar-refractivity contribution in [3.63, 3.8) is 0 Å². The molecule has 0 atom stereocenters. The van der Waals surface area contributed by atoms with Crippen LogP contribution >= 0.6 is 35.0 Å². The average molecular weight is 402 g/mol. The molecule has 0 bridgehead atoms. The summed E-state index contributed by atoms with van der Waals surface area (Å²) in [7, 11) is 0. The van der Waals surface area contributed by atoms with Crippen LogP contribution in [-0.4, -0.2) is 5.91 Å². The molecule has 0 fully saturated rings. The van der Waals surface area contributed by atoms with Crippen LogP contribution in [0.25, 0.3) is 0 Å². The van der Waals surface area contributed by atoms with E-state index in [1.54, 1.807) is 23.9 Å². The van der Waals surface area contributed by atoms with Gasteiger partial charge in [-0.05, 0) is 35.4 Å². The number of benzene rings is 3. The second-order valence-electron chi connectivity index (χ2n) is 5.69. The van der Waals surface area contributed by atoms with Gasteiger partial charge in [-0.1, -0.05) is 71.7 Å². The highest BCUT2D eigenvalue weighted by molar-refractivity contribution is 7.98. The Balaban J connectivity index is 1.67. The third-order valence-electron chi connectivity index (χ3n) is 3.82. The van der Waals surface area contributed by atoms with E-state index in [1.807, 2.05) is 48.5 Å². The van der Waals surface area contributed by atoms with E-state index in [9.17, 15) is 4.79 Å². The maximum atomic E-state index is 12.6. The van der Waals surface area contributed by atoms with Gasteiger partial charge in [-0.2, -0.15) is 0 Å². The molecule has 2 nitrogen and oxygen atoms in total. The fourth-order valence-corrected chi connectivity index (χ4v) is 3.93. The highest BCUT2D eigenvalue weighted by Gasteiger charge is 2.12. The molecule has 0 aromatic heterocycles. The summed E-state index contributed by atoms with van der Waals surface area (Å²) in [6, 6.07) is 23.1. The van der Waals surface area contributed by atoms with Gasteiger partial charge in [0.05, 0.1) is 5.56 Å². The number of amides is 1. The molecule has 3 aromatic rings. The predicted octanol–water partition coefficient (Wildman–Crippen LogP) is 6.22. The Morgan fingerprint density at radius 1 is 0.923 bits per heavy atom. The van der Waals surface area contributed by atoms with Gasteiger partial charge in [0.25, 0.3) is 5.91 Å². The Labute approximate surface area is 167 Å². The van der Waals surface area contributed by atoms with Crippen molar-refractivity contribution in [3.8, 4) is 0 Å². The average Bonchev–Trinajstić information content (AvgIpc) is 2.66. The van der Waals surface area contributed by atoms with Crippen molar-refractivity contribution in [3.05, 3.63) is 99.5 Å². The number of hydrogen-bond donors (Lipinski definition) is 1. The second kappa shape index (κ2) is 9.13. The molecular formula is C21H17Cl2NOS. The molecule has 0 radical (unpaired) electrons. The van der Waals surface area contributed by atoms with E-state index in [0.29, 0.717) is 22.2 Å². The largest absolute Gasteiger partial charge is 0.348 e. The first-order chi connectivity index (χ1) is 12.6. The molecule has 0 heterocycles. The zero-order valence-electron chi connectivity index (χ0n) is 13.9. The van der Waals surface area contributed by atoms with Gasteiger partial charge in [-0.15, -0.1) is 11.8 Å². The molecule has 3 aromatic carbocycles. The van der Waals surface area contributed by atoms with Crippen LogP contribution < -0.4 is 5.32 Å². The number of rotatable bonds is 6. The summed E-state index contributed by atoms with van der Waals surface area (Å²) in [5, 5.41) is 4.06. The van der Waals surface area contributed by atoms with Gasteiger partial charge < -0.3 is 5.32 Å². The molecule has 0 saturated heterocycles. The van der Waals surface area contributed by atoms with E-state index in [1.165, 1.54) is 5.56 Å². The summed E-state index contributed by atoms with van der Waals surface area (Å²) >= 11 is 13.7. The van der Waals surface area contributed by atoms with Crippen LogP contribution in [0.5, 0.6) is 0 Å². The van der Waals surface area contributed by atoms with E-state index >= 15 is 0 Å². The van der Waals surface area contributed by atoms with Crippen LogP contribution in [0.3, 0.4) is 0 Å². The van der Waals surface area contributed by atoms with Crippen LogP contribution in [0.1, 0.15) is 21.5 Å². The summed E-state index contributed by atoms with van der Waals surface area (Å²) in [4.78, 5) is 13.6. The van der Waals surface area contributed by atoms with Gasteiger partial charge in [0.2, 0.25) is 0 Å². The zero-order chi connectivity index (χ0) is 18.4. The van der Waals surface area contributed by atoms with Crippen molar-refractivity contribution in [2.45, 2.75) is 17.2 Å². The van der Waals surface area contributed by atoms with Crippen LogP contribution in [0.2, 0.25) is 10.0 Å². The van der Waals surface area contributed by atoms with Crippen molar-refractivity contribution >= 4 is 40.9 Å². The first-order valence-corrected chi connectivity index (χ1v) is 9.85. The third kappa shape index (κ3) is 5.04. The lowest BCUT2D eigenvalue weighted by Crippen LogP contribution is -2.23. The van der Waals surface area contributed by atoms with Gasteiger partial charge in [0.15, 0.2) is 0 Å². The number of hydrogen-bond acceptors (Lipinski definition) is 2. The molecule has 0 spiro atoms. The van der Waals surface area contributed by atoms with E-state index in [2.05, 4.69) is 17.4 Å². The molecule has 26 heavy (non-hydrogen) atoms. The minimum Gasteiger partial charge on any atom is -0.348 e. The Morgan fingerprint density at radius 3 is 2.42 bits per heavy atom. The lowest BCUT2D eigenvalue weighted by atomic mass is 10.2. The molecule has 3 rings (SSSR count). The molecule has 0 aliphatic rings. The van der Waals surface area contributed by atoms with E-state index in [4.69, 9.17) is 23.2 Å². The molecule has 0 aliphatic carbocycles. The fourth-order valence-electron chi connectivity index (χ4n) is 2.45. The fraction of sp³-hybridized carbons (Fsp3) is 0.0952. The molecule has 132 valence electrons. The second-order valence-corrected chi connectivity index (χ2v) is 7.55. The van der Waals surface area contributed by atoms with Gasteiger partial charge in [-0.3, -0.25) is 4.79 Å². The van der Waals surface area contributed by atoms with Crippen molar-refractivity contribution in [1.82, 2.24) is 5.32 Å². The van der Waals surface area contributed by atoms with Crippen molar-refractivity contribution in [1.29, 1.82) is 0 Å². The number of nitrogens with one attached hydrogen (secondary N) is 1. The van der Waals surface area contributed by atoms with Crippen LogP contribution in [0.4, 0.5) is 0 Å². The van der Waals surface area contributed by atoms with Gasteiger partial charge in [-0.25, -0.2) is 0 Å². The number of carbonyl (C=O) groups is 1. The topological polar surface area (TPSA) is 29.1 Å². The van der Waals surface area contributed by atoms with Crippen molar-refractivity contribution < 1.29 is 4.79 Å². The molecule has 5 heteroatoms. The summed E-state index contributed by atoms with van der Waals surface area (Å²) < 4.78 is 0. The highest BCUT2D eigenvalue weighted by atomic mass is 35.5. The Kier molecular flexibility index (Phi) is 6.62. The number of halogens is 2. The van der Waals surface area contributed by atoms with Crippen molar-refractivity contribution in [2.75, 3.05) is 0 Å². The molecule has 0 saturated carbocycles. The Hall–Kier alpha value is -1.94. The SMILES string of the molecule is O=C(NCc1ccc(Cl)cc1Cl)c1ccccc1SCc1ccccc1. The van der Waals surface area contributed by atoms with Crippen molar-refractivity contribution in [2.24, 2.45) is 0 Å². The minimum atomic E-state index is -0.118. The molecular weight excluding hydrogens is 385 g/mol. The first kappa shape index (κ1) is 18.8. The Morgan fingerprint density at radius 2 is 1.65 bits per heavy atom. The maximum Gasteiger partial charge on any atom is 0.252 e. The summed E-state index contributed by atoms with van der Waals surface area (Å²) in [5.74, 6) is 0.695. The molecule has 1 amide bonds. The first-order valence-electron chi connectivity index (χ1n) is 8.11. The van der Waals surface area contributed by atoms with Crippen LogP contribution in [0.15, 0.2) is 77.7 Å². The maximum absolute atomic E-state index is 12.6. The Bertz CT molecular complexity index is 900. The zero-order valence-corrected chi connectivity index (χ0v) is 16.2. The normalized spacial score (nSPS) is 10.5. The summed E-state index contributed by atoms with van der Waals surface area (Å²) in [6.07, 6.45) is 0. The summed E-state index contributed by atoms with van der Waals surface area (Å²) in [6.45, 7) is 0.354. The van der Waals surface area contributed by atoms with Gasteiger partial charge in [0, 0.05) is 27.2 Å². The molecule has 0 aliphatic heterocycles. The lowest BCUT2D eigenvalue weighted by Gasteiger charge is -2.11. The molecule has 0 unspecified atom stereocenters. The van der Waals surface area contributed by atoms with Gasteiger partial charge >= 0.3 is 0 Å².